The lowest BCUT2D eigenvalue weighted by Crippen LogP contribution is -2.37. The molecule has 1 atom stereocenters. The van der Waals surface area contributed by atoms with Crippen LogP contribution in [-0.4, -0.2) is 32.4 Å². The number of rotatable bonds is 6. The summed E-state index contributed by atoms with van der Waals surface area (Å²) in [5, 5.41) is 4.84. The maximum absolute atomic E-state index is 11.9. The second-order valence-corrected chi connectivity index (χ2v) is 7.49. The van der Waals surface area contributed by atoms with Gasteiger partial charge in [-0.25, -0.2) is 8.42 Å². The lowest BCUT2D eigenvalue weighted by molar-refractivity contribution is -0.119. The zero-order chi connectivity index (χ0) is 16.2. The van der Waals surface area contributed by atoms with Crippen molar-refractivity contribution in [1.82, 2.24) is 5.32 Å². The summed E-state index contributed by atoms with van der Waals surface area (Å²) in [6.07, 6.45) is 0. The third-order valence-electron chi connectivity index (χ3n) is 3.54. The summed E-state index contributed by atoms with van der Waals surface area (Å²) in [6.45, 7) is 1.72. The van der Waals surface area contributed by atoms with Crippen molar-refractivity contribution in [2.45, 2.75) is 13.0 Å². The Morgan fingerprint density at radius 3 is 2.50 bits per heavy atom. The molecular weight excluding hydrogens is 300 g/mol. The number of carbonyl (C=O) groups excluding carboxylic acids is 1. The van der Waals surface area contributed by atoms with E-state index in [1.807, 2.05) is 42.5 Å². The summed E-state index contributed by atoms with van der Waals surface area (Å²) in [5.74, 6) is -1.08. The Balaban J connectivity index is 2.18. The van der Waals surface area contributed by atoms with Crippen molar-refractivity contribution in [3.8, 4) is 0 Å². The van der Waals surface area contributed by atoms with Crippen LogP contribution in [0, 0.1) is 0 Å². The monoisotopic (exact) mass is 320 g/mol. The van der Waals surface area contributed by atoms with E-state index in [-0.39, 0.29) is 12.3 Å². The van der Waals surface area contributed by atoms with Crippen LogP contribution in [0.5, 0.6) is 0 Å². The molecule has 0 aromatic heterocycles. The van der Waals surface area contributed by atoms with Crippen molar-refractivity contribution >= 4 is 26.5 Å². The smallest absolute Gasteiger partial charge is 0.235 e. The molecule has 6 heteroatoms. The average molecular weight is 320 g/mol. The lowest BCUT2D eigenvalue weighted by atomic mass is 10.0. The SMILES string of the molecule is CCS(=O)(=O)CC(=O)NC(CN)c1ccc2ccccc2c1. The van der Waals surface area contributed by atoms with Crippen molar-refractivity contribution in [3.63, 3.8) is 0 Å². The number of amides is 1. The molecule has 0 aliphatic rings. The predicted molar refractivity (Wildman–Crippen MR) is 88.2 cm³/mol. The first kappa shape index (κ1) is 16.5. The highest BCUT2D eigenvalue weighted by Crippen LogP contribution is 2.20. The Labute approximate surface area is 130 Å². The molecule has 2 aromatic carbocycles. The zero-order valence-corrected chi connectivity index (χ0v) is 13.3. The number of fused-ring (bicyclic) bond motifs is 1. The third kappa shape index (κ3) is 4.05. The predicted octanol–water partition coefficient (Wildman–Crippen LogP) is 1.39. The molecule has 0 aliphatic heterocycles. The van der Waals surface area contributed by atoms with Crippen molar-refractivity contribution in [3.05, 3.63) is 48.0 Å². The summed E-state index contributed by atoms with van der Waals surface area (Å²) in [5.41, 5.74) is 6.59. The van der Waals surface area contributed by atoms with Gasteiger partial charge in [0.1, 0.15) is 5.75 Å². The largest absolute Gasteiger partial charge is 0.347 e. The zero-order valence-electron chi connectivity index (χ0n) is 12.5. The molecule has 0 fully saturated rings. The molecule has 5 nitrogen and oxygen atoms in total. The summed E-state index contributed by atoms with van der Waals surface area (Å²) in [7, 11) is -3.34. The topological polar surface area (TPSA) is 89.3 Å². The first-order valence-electron chi connectivity index (χ1n) is 7.13. The van der Waals surface area contributed by atoms with Crippen molar-refractivity contribution in [1.29, 1.82) is 0 Å². The fourth-order valence-corrected chi connectivity index (χ4v) is 2.93. The molecule has 1 amide bonds. The van der Waals surface area contributed by atoms with Crippen LogP contribution in [0.1, 0.15) is 18.5 Å². The van der Waals surface area contributed by atoms with Gasteiger partial charge in [0.25, 0.3) is 0 Å². The molecule has 0 saturated carbocycles. The minimum atomic E-state index is -3.34. The van der Waals surface area contributed by atoms with Gasteiger partial charge < -0.3 is 11.1 Å². The fourth-order valence-electron chi connectivity index (χ4n) is 2.24. The quantitative estimate of drug-likeness (QED) is 0.842. The number of carbonyl (C=O) groups is 1. The van der Waals surface area contributed by atoms with Gasteiger partial charge in [-0.3, -0.25) is 4.79 Å². The first-order valence-corrected chi connectivity index (χ1v) is 8.96. The third-order valence-corrected chi connectivity index (χ3v) is 5.12. The van der Waals surface area contributed by atoms with Crippen LogP contribution >= 0.6 is 0 Å². The number of nitrogens with two attached hydrogens (primary N) is 1. The molecule has 0 heterocycles. The maximum atomic E-state index is 11.9. The molecule has 0 bridgehead atoms. The van der Waals surface area contributed by atoms with Gasteiger partial charge in [0.05, 0.1) is 6.04 Å². The Hall–Kier alpha value is -1.92. The fraction of sp³-hybridized carbons (Fsp3) is 0.312. The van der Waals surface area contributed by atoms with E-state index in [9.17, 15) is 13.2 Å². The van der Waals surface area contributed by atoms with Crippen LogP contribution in [0.2, 0.25) is 0 Å². The van der Waals surface area contributed by atoms with Crippen molar-refractivity contribution in [2.75, 3.05) is 18.1 Å². The standard InChI is InChI=1S/C16H20N2O3S/c1-2-22(20,21)11-16(19)18-15(10-17)14-8-7-12-5-3-4-6-13(12)9-14/h3-9,15H,2,10-11,17H2,1H3,(H,18,19). The number of sulfone groups is 1. The minimum absolute atomic E-state index is 0.0519. The van der Waals surface area contributed by atoms with Gasteiger partial charge in [0, 0.05) is 12.3 Å². The Bertz CT molecular complexity index is 772. The molecule has 2 aromatic rings. The van der Waals surface area contributed by atoms with Gasteiger partial charge in [-0.15, -0.1) is 0 Å². The Kier molecular flexibility index (Phi) is 5.15. The van der Waals surface area contributed by atoms with Gasteiger partial charge in [0.2, 0.25) is 5.91 Å². The van der Waals surface area contributed by atoms with Crippen LogP contribution in [-0.2, 0) is 14.6 Å². The van der Waals surface area contributed by atoms with Gasteiger partial charge in [-0.05, 0) is 22.4 Å². The first-order chi connectivity index (χ1) is 10.4. The molecule has 0 aliphatic carbocycles. The van der Waals surface area contributed by atoms with Crippen molar-refractivity contribution in [2.24, 2.45) is 5.73 Å². The molecule has 1 unspecified atom stereocenters. The average Bonchev–Trinajstić information content (AvgIpc) is 2.51. The number of nitrogens with one attached hydrogen (secondary N) is 1. The van der Waals surface area contributed by atoms with E-state index in [1.165, 1.54) is 6.92 Å². The molecule has 0 radical (unpaired) electrons. The summed E-state index contributed by atoms with van der Waals surface area (Å²) >= 11 is 0. The molecule has 3 N–H and O–H groups in total. The Morgan fingerprint density at radius 2 is 1.86 bits per heavy atom. The second-order valence-electron chi connectivity index (χ2n) is 5.14. The number of hydrogen-bond acceptors (Lipinski definition) is 4. The van der Waals surface area contributed by atoms with E-state index >= 15 is 0 Å². The summed E-state index contributed by atoms with van der Waals surface area (Å²) < 4.78 is 23.0. The number of benzene rings is 2. The van der Waals surface area contributed by atoms with Gasteiger partial charge >= 0.3 is 0 Å². The van der Waals surface area contributed by atoms with Gasteiger partial charge in [-0.2, -0.15) is 0 Å². The van der Waals surface area contributed by atoms with Gasteiger partial charge in [0.15, 0.2) is 9.84 Å². The highest BCUT2D eigenvalue weighted by molar-refractivity contribution is 7.92. The molecule has 118 valence electrons. The van der Waals surface area contributed by atoms with Crippen LogP contribution in [0.3, 0.4) is 0 Å². The van der Waals surface area contributed by atoms with E-state index in [2.05, 4.69) is 5.32 Å². The summed E-state index contributed by atoms with van der Waals surface area (Å²) in [4.78, 5) is 11.9. The van der Waals surface area contributed by atoms with E-state index in [0.29, 0.717) is 0 Å². The van der Waals surface area contributed by atoms with Gasteiger partial charge in [-0.1, -0.05) is 43.3 Å². The van der Waals surface area contributed by atoms with E-state index in [0.717, 1.165) is 16.3 Å². The molecule has 0 spiro atoms. The second kappa shape index (κ2) is 6.89. The Morgan fingerprint density at radius 1 is 1.18 bits per heavy atom. The summed E-state index contributed by atoms with van der Waals surface area (Å²) in [6, 6.07) is 13.3. The van der Waals surface area contributed by atoms with Crippen LogP contribution in [0.4, 0.5) is 0 Å². The normalized spacial score (nSPS) is 13.0. The van der Waals surface area contributed by atoms with Crippen LogP contribution < -0.4 is 11.1 Å². The highest BCUT2D eigenvalue weighted by atomic mass is 32.2. The van der Waals surface area contributed by atoms with E-state index in [4.69, 9.17) is 5.73 Å². The highest BCUT2D eigenvalue weighted by Gasteiger charge is 2.18. The minimum Gasteiger partial charge on any atom is -0.347 e. The molecule has 2 rings (SSSR count). The van der Waals surface area contributed by atoms with E-state index < -0.39 is 27.5 Å². The maximum Gasteiger partial charge on any atom is 0.235 e. The number of hydrogen-bond donors (Lipinski definition) is 2. The molecule has 0 saturated heterocycles. The van der Waals surface area contributed by atoms with E-state index in [1.54, 1.807) is 0 Å². The van der Waals surface area contributed by atoms with Crippen molar-refractivity contribution < 1.29 is 13.2 Å². The van der Waals surface area contributed by atoms with Crippen LogP contribution in [0.15, 0.2) is 42.5 Å². The molecular formula is C16H20N2O3S. The lowest BCUT2D eigenvalue weighted by Gasteiger charge is -2.18. The molecule has 22 heavy (non-hydrogen) atoms. The van der Waals surface area contributed by atoms with Crippen LogP contribution in [0.25, 0.3) is 10.8 Å².